The van der Waals surface area contributed by atoms with E-state index in [1.165, 1.54) is 0 Å². The summed E-state index contributed by atoms with van der Waals surface area (Å²) in [6.07, 6.45) is 6.67. The first-order chi connectivity index (χ1) is 5.97. The third-order valence-electron chi connectivity index (χ3n) is 1.71. The Hall–Kier alpha value is -1.57. The van der Waals surface area contributed by atoms with E-state index in [-0.39, 0.29) is 0 Å². The van der Waals surface area contributed by atoms with E-state index in [0.29, 0.717) is 0 Å². The largest absolute Gasteiger partial charge is 0.319 e. The minimum absolute atomic E-state index is 0.855. The van der Waals surface area contributed by atoms with Gasteiger partial charge in [0.15, 0.2) is 6.34 Å². The number of anilines is 1. The Morgan fingerprint density at radius 3 is 2.75 bits per heavy atom. The molecule has 0 bridgehead atoms. The molecule has 0 unspecified atom stereocenters. The highest BCUT2D eigenvalue weighted by Gasteiger charge is 2.02. The lowest BCUT2D eigenvalue weighted by Crippen LogP contribution is -2.22. The van der Waals surface area contributed by atoms with Gasteiger partial charge >= 0.3 is 0 Å². The Labute approximate surface area is 71.9 Å². The highest BCUT2D eigenvalue weighted by molar-refractivity contribution is 5.80. The van der Waals surface area contributed by atoms with E-state index in [9.17, 15) is 0 Å². The topological polar surface area (TPSA) is 15.6 Å². The predicted octanol–water partition coefficient (Wildman–Crippen LogP) is 1.93. The van der Waals surface area contributed by atoms with Gasteiger partial charge in [-0.25, -0.2) is 4.99 Å². The first-order valence-electron chi connectivity index (χ1n) is 3.90. The Morgan fingerprint density at radius 2 is 2.08 bits per heavy atom. The van der Waals surface area contributed by atoms with Crippen molar-refractivity contribution < 1.29 is 0 Å². The second kappa shape index (κ2) is 3.22. The molecule has 2 rings (SSSR count). The second-order valence-electron chi connectivity index (χ2n) is 2.56. The zero-order chi connectivity index (χ0) is 8.23. The number of nitrogens with zero attached hydrogens (tertiary/aromatic N) is 2. The van der Waals surface area contributed by atoms with Crippen LogP contribution >= 0.6 is 0 Å². The van der Waals surface area contributed by atoms with E-state index in [4.69, 9.17) is 0 Å². The molecule has 2 heteroatoms. The van der Waals surface area contributed by atoms with Gasteiger partial charge in [0.05, 0.1) is 0 Å². The van der Waals surface area contributed by atoms with Gasteiger partial charge in [0.2, 0.25) is 0 Å². The maximum absolute atomic E-state index is 3.93. The summed E-state index contributed by atoms with van der Waals surface area (Å²) in [5.74, 6) is 0. The molecular weight excluding hydrogens is 148 g/mol. The van der Waals surface area contributed by atoms with Crippen molar-refractivity contribution in [3.8, 4) is 0 Å². The van der Waals surface area contributed by atoms with Crippen LogP contribution in [0.15, 0.2) is 47.6 Å². The van der Waals surface area contributed by atoms with Gasteiger partial charge in [-0.1, -0.05) is 18.2 Å². The number of hydrogen-bond acceptors (Lipinski definition) is 2. The molecule has 59 valence electrons. The summed E-state index contributed by atoms with van der Waals surface area (Å²) < 4.78 is 0. The van der Waals surface area contributed by atoms with Crippen molar-refractivity contribution in [2.75, 3.05) is 11.4 Å². The highest BCUT2D eigenvalue weighted by Crippen LogP contribution is 2.12. The van der Waals surface area contributed by atoms with Crippen LogP contribution in [0.2, 0.25) is 0 Å². The van der Waals surface area contributed by atoms with E-state index in [1.54, 1.807) is 6.20 Å². The van der Waals surface area contributed by atoms with Crippen LogP contribution in [0.3, 0.4) is 0 Å². The first-order valence-corrected chi connectivity index (χ1v) is 3.90. The second-order valence-corrected chi connectivity index (χ2v) is 2.56. The fraction of sp³-hybridized carbons (Fsp3) is 0.100. The monoisotopic (exact) mass is 157 g/mol. The van der Waals surface area contributed by atoms with E-state index in [1.807, 2.05) is 41.3 Å². The van der Waals surface area contributed by atoms with Crippen molar-refractivity contribution in [3.63, 3.8) is 0 Å². The third kappa shape index (κ3) is 1.37. The number of para-hydroxylation sites is 1. The van der Waals surface area contributed by atoms with Gasteiger partial charge < -0.3 is 4.90 Å². The molecular formula is C10H9N2. The lowest BCUT2D eigenvalue weighted by atomic mass is 10.3. The standard InChI is InChI=1S/C10H9N2/c1-2-5-10(6-3-1)12-8-4-7-11-9-12/h1-7H,8H2. The van der Waals surface area contributed by atoms with E-state index in [0.717, 1.165) is 12.2 Å². The molecule has 1 radical (unpaired) electrons. The van der Waals surface area contributed by atoms with Gasteiger partial charge in [0, 0.05) is 18.4 Å². The predicted molar refractivity (Wildman–Crippen MR) is 50.4 cm³/mol. The minimum atomic E-state index is 0.855. The Balaban J connectivity index is 2.21. The van der Waals surface area contributed by atoms with Crippen molar-refractivity contribution in [1.82, 2.24) is 0 Å². The fourth-order valence-corrected chi connectivity index (χ4v) is 1.12. The third-order valence-corrected chi connectivity index (χ3v) is 1.71. The number of rotatable bonds is 1. The fourth-order valence-electron chi connectivity index (χ4n) is 1.12. The highest BCUT2D eigenvalue weighted by atomic mass is 15.2. The van der Waals surface area contributed by atoms with Crippen LogP contribution < -0.4 is 4.90 Å². The molecule has 1 aromatic rings. The molecule has 0 spiro atoms. The Kier molecular flexibility index (Phi) is 1.90. The first kappa shape index (κ1) is 7.10. The van der Waals surface area contributed by atoms with Crippen LogP contribution in [-0.4, -0.2) is 12.9 Å². The van der Waals surface area contributed by atoms with E-state index < -0.39 is 0 Å². The molecule has 0 saturated heterocycles. The van der Waals surface area contributed by atoms with Crippen molar-refractivity contribution in [3.05, 3.63) is 42.6 Å². The van der Waals surface area contributed by atoms with E-state index >= 15 is 0 Å². The SMILES string of the molecule is [C]1=NC=CCN1c1ccccc1. The average Bonchev–Trinajstić information content (AvgIpc) is 2.21. The number of aliphatic imine (C=N–C) groups is 1. The summed E-state index contributed by atoms with van der Waals surface area (Å²) in [6, 6.07) is 10.1. The molecule has 1 heterocycles. The number of benzene rings is 1. The Morgan fingerprint density at radius 1 is 1.25 bits per heavy atom. The molecule has 0 aliphatic carbocycles. The molecule has 0 N–H and O–H groups in total. The van der Waals surface area contributed by atoms with Crippen molar-refractivity contribution in [1.29, 1.82) is 0 Å². The molecule has 1 aliphatic heterocycles. The summed E-state index contributed by atoms with van der Waals surface area (Å²) in [5.41, 5.74) is 1.13. The summed E-state index contributed by atoms with van der Waals surface area (Å²) in [4.78, 5) is 5.90. The van der Waals surface area contributed by atoms with Crippen molar-refractivity contribution in [2.24, 2.45) is 4.99 Å². The van der Waals surface area contributed by atoms with Gasteiger partial charge in [-0.3, -0.25) is 0 Å². The van der Waals surface area contributed by atoms with Gasteiger partial charge in [-0.2, -0.15) is 0 Å². The normalized spacial score (nSPS) is 15.2. The maximum Gasteiger partial charge on any atom is 0.177 e. The van der Waals surface area contributed by atoms with Gasteiger partial charge in [-0.05, 0) is 18.2 Å². The lowest BCUT2D eigenvalue weighted by molar-refractivity contribution is 1.13. The molecule has 1 aromatic carbocycles. The Bertz CT molecular complexity index is 301. The minimum Gasteiger partial charge on any atom is -0.319 e. The quantitative estimate of drug-likeness (QED) is 0.608. The smallest absolute Gasteiger partial charge is 0.177 e. The van der Waals surface area contributed by atoms with E-state index in [2.05, 4.69) is 11.3 Å². The summed E-state index contributed by atoms with van der Waals surface area (Å²) in [5, 5.41) is 0. The maximum atomic E-state index is 3.93. The van der Waals surface area contributed by atoms with Crippen LogP contribution in [0.25, 0.3) is 0 Å². The molecule has 0 saturated carbocycles. The molecule has 12 heavy (non-hydrogen) atoms. The zero-order valence-corrected chi connectivity index (χ0v) is 6.64. The van der Waals surface area contributed by atoms with Crippen LogP contribution in [0.1, 0.15) is 0 Å². The van der Waals surface area contributed by atoms with Gasteiger partial charge in [0.25, 0.3) is 0 Å². The molecule has 0 aromatic heterocycles. The summed E-state index contributed by atoms with van der Waals surface area (Å²) >= 11 is 0. The van der Waals surface area contributed by atoms with Crippen LogP contribution in [0.4, 0.5) is 5.69 Å². The zero-order valence-electron chi connectivity index (χ0n) is 6.64. The summed E-state index contributed by atoms with van der Waals surface area (Å²) in [6.45, 7) is 0.855. The van der Waals surface area contributed by atoms with Crippen LogP contribution in [-0.2, 0) is 0 Å². The summed E-state index contributed by atoms with van der Waals surface area (Å²) in [7, 11) is 0. The molecule has 1 aliphatic rings. The molecule has 0 fully saturated rings. The van der Waals surface area contributed by atoms with Crippen molar-refractivity contribution >= 4 is 12.0 Å². The molecule has 0 atom stereocenters. The molecule has 2 nitrogen and oxygen atoms in total. The number of hydrogen-bond donors (Lipinski definition) is 0. The average molecular weight is 157 g/mol. The van der Waals surface area contributed by atoms with Crippen LogP contribution in [0.5, 0.6) is 0 Å². The lowest BCUT2D eigenvalue weighted by Gasteiger charge is -2.17. The van der Waals surface area contributed by atoms with Gasteiger partial charge in [0.1, 0.15) is 0 Å². The van der Waals surface area contributed by atoms with Gasteiger partial charge in [-0.15, -0.1) is 0 Å². The molecule has 0 amide bonds. The van der Waals surface area contributed by atoms with Crippen LogP contribution in [0, 0.1) is 0 Å². The van der Waals surface area contributed by atoms with Crippen molar-refractivity contribution in [2.45, 2.75) is 0 Å².